The Bertz CT molecular complexity index is 2220. The standard InChI is InChI=1S/C46H51ClN4O7S2/c1-46(2,3)58-45(55)51-25-29(24-47)42-35-18-11-10-17-34(35)40(23-37(42)51)57-44(54)50-22-21-49(38-27-59-60-28-39(38)50)41(52)19-5-4-12-20-48-43(53)56-26-36-32-15-8-6-13-30(32)31-14-7-9-16-33(31)36/h6-11,13-18,23,29,36,38-39H,4-5,12,19-22,24-28H2,1-3H3,(H,48,53)/t29-,38?,39?/m1/s1. The van der Waals surface area contributed by atoms with Gasteiger partial charge in [-0.05, 0) is 66.8 Å². The van der Waals surface area contributed by atoms with Crippen LogP contribution in [0, 0.1) is 0 Å². The van der Waals surface area contributed by atoms with Gasteiger partial charge in [0.2, 0.25) is 5.91 Å². The quantitative estimate of drug-likeness (QED) is 0.0945. The number of hydrogen-bond donors (Lipinski definition) is 1. The average Bonchev–Trinajstić information content (AvgIpc) is 3.79. The number of alkyl halides is 1. The third-order valence-corrected chi connectivity index (χ3v) is 14.6. The predicted molar refractivity (Wildman–Crippen MR) is 239 cm³/mol. The molecule has 14 heteroatoms. The molecule has 0 saturated carbocycles. The number of hydrogen-bond acceptors (Lipinski definition) is 9. The van der Waals surface area contributed by atoms with Crippen molar-refractivity contribution in [2.45, 2.75) is 76.0 Å². The number of piperazine rings is 1. The summed E-state index contributed by atoms with van der Waals surface area (Å²) in [7, 11) is 3.42. The lowest BCUT2D eigenvalue weighted by atomic mass is 9.95. The van der Waals surface area contributed by atoms with Crippen LogP contribution in [-0.4, -0.2) is 102 Å². The number of ether oxygens (including phenoxy) is 3. The van der Waals surface area contributed by atoms with Crippen molar-refractivity contribution in [1.82, 2.24) is 15.1 Å². The Hall–Kier alpha value is -4.59. The zero-order valence-corrected chi connectivity index (χ0v) is 36.6. The minimum Gasteiger partial charge on any atom is -0.449 e. The molecule has 1 N–H and O–H groups in total. The Morgan fingerprint density at radius 1 is 0.800 bits per heavy atom. The molecule has 1 aliphatic carbocycles. The summed E-state index contributed by atoms with van der Waals surface area (Å²) >= 11 is 6.45. The van der Waals surface area contributed by atoms with Crippen molar-refractivity contribution in [3.8, 4) is 16.9 Å². The fourth-order valence-corrected chi connectivity index (χ4v) is 11.9. The maximum Gasteiger partial charge on any atom is 0.415 e. The Morgan fingerprint density at radius 3 is 2.12 bits per heavy atom. The molecule has 0 aromatic heterocycles. The highest BCUT2D eigenvalue weighted by Crippen LogP contribution is 2.47. The number of alkyl carbamates (subject to hydrolysis) is 1. The summed E-state index contributed by atoms with van der Waals surface area (Å²) < 4.78 is 17.7. The van der Waals surface area contributed by atoms with Crippen LogP contribution in [-0.2, 0) is 14.3 Å². The number of nitrogens with one attached hydrogen (secondary N) is 1. The van der Waals surface area contributed by atoms with E-state index in [-0.39, 0.29) is 36.4 Å². The van der Waals surface area contributed by atoms with Crippen LogP contribution in [0.5, 0.6) is 5.75 Å². The SMILES string of the molecule is CC(C)(C)OC(=O)N1C[C@@H](CCl)c2c1cc(OC(=O)N1CCN(C(=O)CCCCCNC(=O)OCC3c4ccccc4-c4ccccc43)C3CSSCC31)c1ccccc21. The summed E-state index contributed by atoms with van der Waals surface area (Å²) in [6.07, 6.45) is 1.22. The fraction of sp³-hybridized carbons (Fsp3) is 0.435. The molecule has 4 aromatic carbocycles. The zero-order chi connectivity index (χ0) is 42.0. The highest BCUT2D eigenvalue weighted by molar-refractivity contribution is 8.76. The van der Waals surface area contributed by atoms with Gasteiger partial charge in [0, 0.05) is 73.3 Å². The van der Waals surface area contributed by atoms with Crippen molar-refractivity contribution < 1.29 is 33.4 Å². The topological polar surface area (TPSA) is 118 Å². The lowest BCUT2D eigenvalue weighted by molar-refractivity contribution is -0.136. The Balaban J connectivity index is 0.837. The van der Waals surface area contributed by atoms with E-state index in [1.807, 2.05) is 74.2 Å². The number of benzene rings is 4. The maximum atomic E-state index is 14.1. The Morgan fingerprint density at radius 2 is 1.43 bits per heavy atom. The minimum absolute atomic E-state index is 0.00997. The van der Waals surface area contributed by atoms with Crippen LogP contribution >= 0.6 is 33.2 Å². The van der Waals surface area contributed by atoms with Crippen molar-refractivity contribution >= 4 is 73.8 Å². The van der Waals surface area contributed by atoms with Crippen LogP contribution in [0.25, 0.3) is 21.9 Å². The molecule has 3 heterocycles. The number of carbonyl (C=O) groups is 4. The highest BCUT2D eigenvalue weighted by atomic mass is 35.5. The first-order valence-corrected chi connectivity index (χ1v) is 23.8. The van der Waals surface area contributed by atoms with Crippen LogP contribution in [0.4, 0.5) is 20.1 Å². The first kappa shape index (κ1) is 42.1. The summed E-state index contributed by atoms with van der Waals surface area (Å²) in [5.74, 6) is 2.03. The van der Waals surface area contributed by atoms with Gasteiger partial charge >= 0.3 is 18.3 Å². The van der Waals surface area contributed by atoms with Gasteiger partial charge in [0.1, 0.15) is 18.0 Å². The first-order valence-electron chi connectivity index (χ1n) is 20.8. The summed E-state index contributed by atoms with van der Waals surface area (Å²) in [6.45, 7) is 7.35. The Labute approximate surface area is 364 Å². The number of rotatable bonds is 10. The molecular formula is C46H51ClN4O7S2. The second-order valence-electron chi connectivity index (χ2n) is 16.7. The normalized spacial score (nSPS) is 19.6. The van der Waals surface area contributed by atoms with Gasteiger partial charge in [0.15, 0.2) is 0 Å². The molecule has 0 spiro atoms. The molecule has 3 atom stereocenters. The predicted octanol–water partition coefficient (Wildman–Crippen LogP) is 9.79. The number of carbonyl (C=O) groups excluding carboxylic acids is 4. The number of nitrogens with zero attached hydrogens (tertiary/aromatic N) is 3. The van der Waals surface area contributed by atoms with E-state index in [1.54, 1.807) is 37.5 Å². The monoisotopic (exact) mass is 870 g/mol. The van der Waals surface area contributed by atoms with Crippen LogP contribution in [0.15, 0.2) is 78.9 Å². The van der Waals surface area contributed by atoms with Crippen LogP contribution in [0.1, 0.15) is 75.0 Å². The average molecular weight is 872 g/mol. The first-order chi connectivity index (χ1) is 29.0. The molecule has 8 rings (SSSR count). The van der Waals surface area contributed by atoms with Gasteiger partial charge in [-0.3, -0.25) is 9.69 Å². The third-order valence-electron chi connectivity index (χ3n) is 11.7. The van der Waals surface area contributed by atoms with E-state index in [0.29, 0.717) is 67.8 Å². The van der Waals surface area contributed by atoms with E-state index >= 15 is 0 Å². The molecular weight excluding hydrogens is 820 g/mol. The van der Waals surface area contributed by atoms with Crippen molar-refractivity contribution in [2.24, 2.45) is 0 Å². The zero-order valence-electron chi connectivity index (χ0n) is 34.2. The van der Waals surface area contributed by atoms with Gasteiger partial charge in [0.25, 0.3) is 0 Å². The summed E-state index contributed by atoms with van der Waals surface area (Å²) in [4.78, 5) is 59.1. The van der Waals surface area contributed by atoms with Gasteiger partial charge in [-0.25, -0.2) is 14.4 Å². The molecule has 4 amide bonds. The van der Waals surface area contributed by atoms with E-state index in [0.717, 1.165) is 29.2 Å². The van der Waals surface area contributed by atoms with Crippen LogP contribution in [0.3, 0.4) is 0 Å². The second kappa shape index (κ2) is 18.2. The van der Waals surface area contributed by atoms with Gasteiger partial charge < -0.3 is 29.3 Å². The third kappa shape index (κ3) is 8.76. The van der Waals surface area contributed by atoms with Crippen LogP contribution in [0.2, 0.25) is 0 Å². The molecule has 60 heavy (non-hydrogen) atoms. The second-order valence-corrected chi connectivity index (χ2v) is 19.6. The maximum absolute atomic E-state index is 14.1. The van der Waals surface area contributed by atoms with Gasteiger partial charge in [-0.1, -0.05) is 101 Å². The van der Waals surface area contributed by atoms with Crippen molar-refractivity contribution in [1.29, 1.82) is 0 Å². The molecule has 3 aliphatic heterocycles. The minimum atomic E-state index is -0.689. The smallest absolute Gasteiger partial charge is 0.415 e. The highest BCUT2D eigenvalue weighted by Gasteiger charge is 2.44. The van der Waals surface area contributed by atoms with Crippen molar-refractivity contribution in [2.75, 3.05) is 55.1 Å². The molecule has 0 radical (unpaired) electrons. The molecule has 11 nitrogen and oxygen atoms in total. The lowest BCUT2D eigenvalue weighted by Gasteiger charge is -2.48. The molecule has 2 saturated heterocycles. The van der Waals surface area contributed by atoms with E-state index in [4.69, 9.17) is 25.8 Å². The fourth-order valence-electron chi connectivity index (χ4n) is 8.96. The van der Waals surface area contributed by atoms with E-state index in [1.165, 1.54) is 22.3 Å². The molecule has 316 valence electrons. The molecule has 4 aromatic rings. The number of unbranched alkanes of at least 4 members (excludes halogenated alkanes) is 2. The van der Waals surface area contributed by atoms with Crippen molar-refractivity contribution in [3.63, 3.8) is 0 Å². The largest absolute Gasteiger partial charge is 0.449 e. The Kier molecular flexibility index (Phi) is 12.8. The number of amides is 4. The van der Waals surface area contributed by atoms with Crippen LogP contribution < -0.4 is 15.0 Å². The molecule has 4 aliphatic rings. The number of halogens is 1. The lowest BCUT2D eigenvalue weighted by Crippen LogP contribution is -2.65. The van der Waals surface area contributed by atoms with E-state index in [2.05, 4.69) is 29.6 Å². The summed E-state index contributed by atoms with van der Waals surface area (Å²) in [5.41, 5.74) is 5.60. The number of anilines is 1. The van der Waals surface area contributed by atoms with Gasteiger partial charge in [-0.2, -0.15) is 0 Å². The van der Waals surface area contributed by atoms with Gasteiger partial charge in [-0.15, -0.1) is 11.6 Å². The molecule has 2 unspecified atom stereocenters. The number of fused-ring (bicyclic) bond motifs is 7. The van der Waals surface area contributed by atoms with E-state index < -0.39 is 23.9 Å². The molecule has 2 fully saturated rings. The van der Waals surface area contributed by atoms with Crippen molar-refractivity contribution in [3.05, 3.63) is 95.6 Å². The molecule has 0 bridgehead atoms. The van der Waals surface area contributed by atoms with E-state index in [9.17, 15) is 19.2 Å². The van der Waals surface area contributed by atoms with Gasteiger partial charge in [0.05, 0.1) is 17.8 Å². The summed E-state index contributed by atoms with van der Waals surface area (Å²) in [5, 5.41) is 4.52. The summed E-state index contributed by atoms with van der Waals surface area (Å²) in [6, 6.07) is 25.7.